The van der Waals surface area contributed by atoms with Crippen LogP contribution in [-0.2, 0) is 11.3 Å². The number of carbonyl (C=O) groups excluding carboxylic acids is 1. The fourth-order valence-electron chi connectivity index (χ4n) is 5.80. The molecule has 2 N–H and O–H groups in total. The second kappa shape index (κ2) is 11.8. The number of hydrogen-bond acceptors (Lipinski definition) is 7. The molecule has 0 spiro atoms. The van der Waals surface area contributed by atoms with Gasteiger partial charge in [-0.1, -0.05) is 35.9 Å². The van der Waals surface area contributed by atoms with Gasteiger partial charge in [0.15, 0.2) is 0 Å². The van der Waals surface area contributed by atoms with Crippen LogP contribution in [0.1, 0.15) is 43.4 Å². The Morgan fingerprint density at radius 2 is 1.91 bits per heavy atom. The van der Waals surface area contributed by atoms with E-state index in [1.165, 1.54) is 12.1 Å². The number of likely N-dealkylation sites (tertiary alicyclic amines) is 1. The first-order valence-corrected chi connectivity index (χ1v) is 14.6. The van der Waals surface area contributed by atoms with E-state index >= 15 is 0 Å². The van der Waals surface area contributed by atoms with Crippen LogP contribution in [0.2, 0.25) is 0 Å². The van der Waals surface area contributed by atoms with Crippen LogP contribution in [0.5, 0.6) is 0 Å². The number of nitrogens with zero attached hydrogens (tertiary/aromatic N) is 5. The summed E-state index contributed by atoms with van der Waals surface area (Å²) >= 11 is 0. The SMILES string of the molecule is Cc1ccc(Cn2ccnc2NC(=O)[C@@H]2CN(C(C)(C)C)C[C@H]2c2ccc(F)cc2F)c(-c2ccc(-c3n[nH]c(=O)o3)nc2)c1. The molecule has 4 heterocycles. The molecule has 2 atom stereocenters. The third-order valence-electron chi connectivity index (χ3n) is 8.26. The average Bonchev–Trinajstić information content (AvgIpc) is 3.74. The predicted molar refractivity (Wildman–Crippen MR) is 164 cm³/mol. The summed E-state index contributed by atoms with van der Waals surface area (Å²) in [4.78, 5) is 36.1. The lowest BCUT2D eigenvalue weighted by atomic mass is 9.88. The molecule has 5 aromatic rings. The molecule has 0 bridgehead atoms. The number of rotatable bonds is 7. The Labute approximate surface area is 258 Å². The number of aryl methyl sites for hydroxylation is 1. The maximum atomic E-state index is 14.9. The van der Waals surface area contributed by atoms with Crippen molar-refractivity contribution in [1.82, 2.24) is 29.6 Å². The van der Waals surface area contributed by atoms with Gasteiger partial charge in [0.05, 0.1) is 12.5 Å². The van der Waals surface area contributed by atoms with Crippen LogP contribution in [0.25, 0.3) is 22.7 Å². The lowest BCUT2D eigenvalue weighted by Crippen LogP contribution is -2.40. The fraction of sp³-hybridized carbons (Fsp3) is 0.303. The van der Waals surface area contributed by atoms with Crippen molar-refractivity contribution in [1.29, 1.82) is 0 Å². The van der Waals surface area contributed by atoms with Crippen LogP contribution in [-0.4, -0.2) is 54.2 Å². The number of aromatic amines is 1. The highest BCUT2D eigenvalue weighted by Gasteiger charge is 2.43. The van der Waals surface area contributed by atoms with E-state index in [-0.39, 0.29) is 17.3 Å². The van der Waals surface area contributed by atoms with Crippen molar-refractivity contribution in [3.05, 3.63) is 106 Å². The molecule has 0 unspecified atom stereocenters. The molecule has 232 valence electrons. The molecule has 10 nitrogen and oxygen atoms in total. The first kappa shape index (κ1) is 30.1. The molecule has 45 heavy (non-hydrogen) atoms. The number of pyridine rings is 1. The molecule has 1 fully saturated rings. The number of anilines is 1. The number of hydrogen-bond donors (Lipinski definition) is 2. The minimum atomic E-state index is -0.655. The average molecular weight is 614 g/mol. The van der Waals surface area contributed by atoms with Crippen LogP contribution in [0.3, 0.4) is 0 Å². The molecule has 6 rings (SSSR count). The van der Waals surface area contributed by atoms with Crippen LogP contribution >= 0.6 is 0 Å². The summed E-state index contributed by atoms with van der Waals surface area (Å²) in [6, 6.07) is 13.2. The van der Waals surface area contributed by atoms with Gasteiger partial charge in [0, 0.05) is 54.8 Å². The van der Waals surface area contributed by atoms with E-state index in [1.807, 2.05) is 29.7 Å². The topological polar surface area (TPSA) is 122 Å². The fourth-order valence-corrected chi connectivity index (χ4v) is 5.80. The maximum absolute atomic E-state index is 14.9. The zero-order valence-electron chi connectivity index (χ0n) is 25.3. The molecule has 12 heteroatoms. The van der Waals surface area contributed by atoms with E-state index in [0.29, 0.717) is 36.8 Å². The summed E-state index contributed by atoms with van der Waals surface area (Å²) in [6.45, 7) is 9.43. The Balaban J connectivity index is 1.25. The van der Waals surface area contributed by atoms with Crippen molar-refractivity contribution in [2.75, 3.05) is 18.4 Å². The Kier molecular flexibility index (Phi) is 7.92. The molecular formula is C33H33F2N7O3. The third kappa shape index (κ3) is 6.32. The number of aromatic nitrogens is 5. The Morgan fingerprint density at radius 1 is 1.09 bits per heavy atom. The van der Waals surface area contributed by atoms with Gasteiger partial charge in [0.25, 0.3) is 5.89 Å². The number of halogens is 2. The minimum Gasteiger partial charge on any atom is -0.386 e. The lowest BCUT2D eigenvalue weighted by molar-refractivity contribution is -0.120. The van der Waals surface area contributed by atoms with Crippen molar-refractivity contribution in [2.45, 2.75) is 45.7 Å². The standard InChI is InChI=1S/C33H33F2N7O3/c1-19-5-6-21(24(13-19)20-7-10-28(37-15-20)30-39-40-32(44)45-30)16-41-12-11-36-31(41)38-29(43)26-18-42(33(2,3)4)17-25(26)23-9-8-22(34)14-27(23)35/h5-15,25-26H,16-18H2,1-4H3,(H,40,44)(H,36,38,43)/t25-,26+/m0/s1. The van der Waals surface area contributed by atoms with Gasteiger partial charge >= 0.3 is 5.76 Å². The zero-order valence-corrected chi connectivity index (χ0v) is 25.3. The van der Waals surface area contributed by atoms with Gasteiger partial charge in [-0.15, -0.1) is 5.10 Å². The molecule has 0 saturated carbocycles. The third-order valence-corrected chi connectivity index (χ3v) is 8.26. The summed E-state index contributed by atoms with van der Waals surface area (Å²) in [6.07, 6.45) is 5.09. The molecule has 1 aliphatic rings. The number of carbonyl (C=O) groups is 1. The monoisotopic (exact) mass is 613 g/mol. The van der Waals surface area contributed by atoms with E-state index in [4.69, 9.17) is 4.42 Å². The highest BCUT2D eigenvalue weighted by molar-refractivity contribution is 5.92. The first-order chi connectivity index (χ1) is 21.5. The molecule has 1 amide bonds. The highest BCUT2D eigenvalue weighted by Crippen LogP contribution is 2.38. The summed E-state index contributed by atoms with van der Waals surface area (Å²) in [5, 5.41) is 9.05. The van der Waals surface area contributed by atoms with Gasteiger partial charge < -0.3 is 8.98 Å². The zero-order chi connectivity index (χ0) is 31.9. The van der Waals surface area contributed by atoms with E-state index in [2.05, 4.69) is 57.2 Å². The molecule has 1 saturated heterocycles. The van der Waals surface area contributed by atoms with Gasteiger partial charge in [-0.25, -0.2) is 23.7 Å². The molecule has 3 aromatic heterocycles. The number of imidazole rings is 1. The molecule has 0 aliphatic carbocycles. The van der Waals surface area contributed by atoms with Gasteiger partial charge in [0.1, 0.15) is 17.3 Å². The van der Waals surface area contributed by atoms with Gasteiger partial charge in [-0.3, -0.25) is 20.0 Å². The minimum absolute atomic E-state index is 0.104. The van der Waals surface area contributed by atoms with Crippen LogP contribution in [0.15, 0.2) is 76.3 Å². The highest BCUT2D eigenvalue weighted by atomic mass is 19.1. The Bertz CT molecular complexity index is 1910. The molecule has 0 radical (unpaired) electrons. The largest absolute Gasteiger partial charge is 0.434 e. The molecular weight excluding hydrogens is 580 g/mol. The second-order valence-electron chi connectivity index (χ2n) is 12.3. The van der Waals surface area contributed by atoms with Crippen molar-refractivity contribution in [3.63, 3.8) is 0 Å². The number of nitrogens with one attached hydrogen (secondary N) is 2. The van der Waals surface area contributed by atoms with E-state index in [0.717, 1.165) is 28.3 Å². The first-order valence-electron chi connectivity index (χ1n) is 14.6. The van der Waals surface area contributed by atoms with Gasteiger partial charge in [0.2, 0.25) is 11.9 Å². The normalized spacial score (nSPS) is 17.1. The smallest absolute Gasteiger partial charge is 0.386 e. The predicted octanol–water partition coefficient (Wildman–Crippen LogP) is 5.38. The summed E-state index contributed by atoms with van der Waals surface area (Å²) in [5.41, 5.74) is 4.29. The molecule has 2 aromatic carbocycles. The van der Waals surface area contributed by atoms with Crippen molar-refractivity contribution in [3.8, 4) is 22.7 Å². The number of H-pyrrole nitrogens is 1. The van der Waals surface area contributed by atoms with E-state index in [1.54, 1.807) is 24.7 Å². The van der Waals surface area contributed by atoms with Crippen LogP contribution in [0, 0.1) is 24.5 Å². The number of amides is 1. The number of benzene rings is 2. The summed E-state index contributed by atoms with van der Waals surface area (Å²) < 4.78 is 35.5. The second-order valence-corrected chi connectivity index (χ2v) is 12.3. The van der Waals surface area contributed by atoms with Crippen molar-refractivity contribution < 1.29 is 18.0 Å². The van der Waals surface area contributed by atoms with Crippen molar-refractivity contribution in [2.24, 2.45) is 5.92 Å². The van der Waals surface area contributed by atoms with Crippen LogP contribution < -0.4 is 11.1 Å². The van der Waals surface area contributed by atoms with Crippen molar-refractivity contribution >= 4 is 11.9 Å². The summed E-state index contributed by atoms with van der Waals surface area (Å²) in [5.74, 6) is -2.81. The van der Waals surface area contributed by atoms with Crippen LogP contribution in [0.4, 0.5) is 14.7 Å². The summed E-state index contributed by atoms with van der Waals surface area (Å²) in [7, 11) is 0. The molecule has 1 aliphatic heterocycles. The quantitative estimate of drug-likeness (QED) is 0.253. The van der Waals surface area contributed by atoms with Gasteiger partial charge in [-0.2, -0.15) is 0 Å². The Morgan fingerprint density at radius 3 is 2.60 bits per heavy atom. The van der Waals surface area contributed by atoms with Gasteiger partial charge in [-0.05, 0) is 56.5 Å². The van der Waals surface area contributed by atoms with E-state index in [9.17, 15) is 18.4 Å². The Hall–Kier alpha value is -4.97. The lowest BCUT2D eigenvalue weighted by Gasteiger charge is -2.31. The van der Waals surface area contributed by atoms with E-state index < -0.39 is 29.2 Å². The maximum Gasteiger partial charge on any atom is 0.434 e.